The number of nitrogens with zero attached hydrogens (tertiary/aromatic N) is 1. The number of fused-ring (bicyclic) bond motifs is 3. The first-order valence-electron chi connectivity index (χ1n) is 12.5. The van der Waals surface area contributed by atoms with E-state index in [2.05, 4.69) is 10.6 Å². The number of hydrogen-bond donors (Lipinski definition) is 2. The van der Waals surface area contributed by atoms with Crippen molar-refractivity contribution in [1.82, 2.24) is 14.6 Å². The molecule has 0 saturated carbocycles. The van der Waals surface area contributed by atoms with Crippen molar-refractivity contribution in [2.24, 2.45) is 0 Å². The molecule has 1 atom stereocenters. The van der Waals surface area contributed by atoms with Crippen molar-refractivity contribution >= 4 is 58.4 Å². The quantitative estimate of drug-likeness (QED) is 0.243. The van der Waals surface area contributed by atoms with Crippen molar-refractivity contribution in [3.63, 3.8) is 0 Å². The molecular formula is C30H27BFN3O4S. The van der Waals surface area contributed by atoms with Crippen LogP contribution in [-0.4, -0.2) is 47.0 Å². The molecule has 7 nitrogen and oxygen atoms in total. The monoisotopic (exact) mass is 555 g/mol. The fraction of sp³-hybridized carbons (Fsp3) is 0.200. The molecule has 202 valence electrons. The van der Waals surface area contributed by atoms with Crippen LogP contribution in [-0.2, 0) is 11.4 Å². The molecule has 3 aromatic carbocycles. The Kier molecular flexibility index (Phi) is 7.01. The molecule has 5 aromatic rings. The predicted octanol–water partition coefficient (Wildman–Crippen LogP) is 4.68. The van der Waals surface area contributed by atoms with Crippen molar-refractivity contribution < 1.29 is 22.9 Å². The van der Waals surface area contributed by atoms with Crippen LogP contribution in [0.2, 0.25) is 0 Å². The van der Waals surface area contributed by atoms with Gasteiger partial charge in [0.1, 0.15) is 36.8 Å². The van der Waals surface area contributed by atoms with Crippen LogP contribution in [0.25, 0.3) is 44.3 Å². The predicted molar refractivity (Wildman–Crippen MR) is 158 cm³/mol. The van der Waals surface area contributed by atoms with Crippen LogP contribution in [0.4, 0.5) is 4.39 Å². The Morgan fingerprint density at radius 3 is 2.38 bits per heavy atom. The Hall–Kier alpha value is -4.02. The van der Waals surface area contributed by atoms with Gasteiger partial charge in [-0.15, -0.1) is 0 Å². The van der Waals surface area contributed by atoms with E-state index in [4.69, 9.17) is 12.3 Å². The summed E-state index contributed by atoms with van der Waals surface area (Å²) in [5.41, 5.74) is 3.19. The summed E-state index contributed by atoms with van der Waals surface area (Å²) in [6, 6.07) is 14.5. The molecule has 5 rings (SSSR count). The van der Waals surface area contributed by atoms with Crippen LogP contribution in [0, 0.1) is 5.82 Å². The topological polar surface area (TPSA) is 99.3 Å². The molecule has 0 bridgehead atoms. The maximum Gasteiger partial charge on any atom is 0.255 e. The number of carbonyl (C=O) groups is 2. The number of carbonyl (C=O) groups excluding carboxylic acids is 2. The number of furan rings is 1. The molecule has 0 fully saturated rings. The minimum atomic E-state index is -1.49. The summed E-state index contributed by atoms with van der Waals surface area (Å²) in [5, 5.41) is 6.57. The van der Waals surface area contributed by atoms with Crippen LogP contribution in [0.15, 0.2) is 65.2 Å². The Balaban J connectivity index is 1.86. The van der Waals surface area contributed by atoms with Gasteiger partial charge in [-0.3, -0.25) is 9.59 Å². The normalized spacial score (nSPS) is 12.6. The van der Waals surface area contributed by atoms with E-state index < -0.39 is 28.6 Å². The highest BCUT2D eigenvalue weighted by Gasteiger charge is 2.28. The Morgan fingerprint density at radius 1 is 1.05 bits per heavy atom. The molecule has 1 unspecified atom stereocenters. The SMILES string of the molecule is [B]c1cn([S+](C)[O-])c2c(-c3cccc(C(=O)NC(C)(C)C)c3)cc3c(C(=O)NC)c(-c4ccc(F)cc4)oc3c12. The van der Waals surface area contributed by atoms with Gasteiger partial charge in [-0.1, -0.05) is 17.6 Å². The molecular weight excluding hydrogens is 528 g/mol. The van der Waals surface area contributed by atoms with Crippen molar-refractivity contribution in [2.75, 3.05) is 13.3 Å². The molecule has 0 aliphatic carbocycles. The molecule has 0 spiro atoms. The van der Waals surface area contributed by atoms with Gasteiger partial charge in [0, 0.05) is 46.2 Å². The average molecular weight is 555 g/mol. The van der Waals surface area contributed by atoms with Crippen molar-refractivity contribution in [1.29, 1.82) is 0 Å². The lowest BCUT2D eigenvalue weighted by molar-refractivity contribution is 0.0918. The van der Waals surface area contributed by atoms with Crippen LogP contribution in [0.1, 0.15) is 41.5 Å². The maximum absolute atomic E-state index is 13.7. The molecule has 2 radical (unpaired) electrons. The van der Waals surface area contributed by atoms with Crippen LogP contribution in [0.5, 0.6) is 0 Å². The summed E-state index contributed by atoms with van der Waals surface area (Å²) in [4.78, 5) is 26.2. The van der Waals surface area contributed by atoms with E-state index in [1.165, 1.54) is 37.6 Å². The summed E-state index contributed by atoms with van der Waals surface area (Å²) in [6.45, 7) is 5.70. The number of halogens is 1. The van der Waals surface area contributed by atoms with Crippen molar-refractivity contribution in [2.45, 2.75) is 26.3 Å². The molecule has 0 saturated heterocycles. The number of rotatable bonds is 5. The third-order valence-corrected chi connectivity index (χ3v) is 7.32. The summed E-state index contributed by atoms with van der Waals surface area (Å²) < 4.78 is 34.4. The van der Waals surface area contributed by atoms with Gasteiger partial charge in [-0.05, 0) is 68.8 Å². The Bertz CT molecular complexity index is 1790. The van der Waals surface area contributed by atoms with Gasteiger partial charge in [-0.2, -0.15) is 3.97 Å². The molecule has 2 N–H and O–H groups in total. The second kappa shape index (κ2) is 10.2. The summed E-state index contributed by atoms with van der Waals surface area (Å²) >= 11 is -1.49. The molecule has 0 aliphatic rings. The van der Waals surface area contributed by atoms with Crippen molar-refractivity contribution in [3.8, 4) is 22.5 Å². The zero-order chi connectivity index (χ0) is 28.9. The van der Waals surface area contributed by atoms with Gasteiger partial charge < -0.3 is 19.6 Å². The van der Waals surface area contributed by atoms with Gasteiger partial charge in [0.15, 0.2) is 0 Å². The summed E-state index contributed by atoms with van der Waals surface area (Å²) in [7, 11) is 7.98. The number of amides is 2. The standard InChI is InChI=1S/C30H27BFN3O4S/c1-30(2,3)34-28(36)18-8-6-7-17(13-18)20-14-21-23(29(37)33-4)26(16-9-11-19(32)12-10-16)39-27(21)24-22(31)15-35(25(20)24)40(5)38/h6-15H,1-5H3,(H,33,37)(H,34,36). The minimum Gasteiger partial charge on any atom is -0.593 e. The van der Waals surface area contributed by atoms with Gasteiger partial charge in [0.2, 0.25) is 0 Å². The highest BCUT2D eigenvalue weighted by molar-refractivity contribution is 7.89. The fourth-order valence-corrected chi connectivity index (χ4v) is 5.50. The lowest BCUT2D eigenvalue weighted by Gasteiger charge is -2.20. The smallest absolute Gasteiger partial charge is 0.255 e. The van der Waals surface area contributed by atoms with Gasteiger partial charge in [-0.25, -0.2) is 4.39 Å². The minimum absolute atomic E-state index is 0.242. The summed E-state index contributed by atoms with van der Waals surface area (Å²) in [5.74, 6) is -0.823. The Morgan fingerprint density at radius 2 is 1.75 bits per heavy atom. The lowest BCUT2D eigenvalue weighted by atomic mass is 9.91. The number of aromatic nitrogens is 1. The third kappa shape index (κ3) is 4.89. The van der Waals surface area contributed by atoms with Crippen LogP contribution < -0.4 is 16.1 Å². The fourth-order valence-electron chi connectivity index (χ4n) is 4.79. The first-order chi connectivity index (χ1) is 18.9. The second-order valence-corrected chi connectivity index (χ2v) is 11.8. The molecule has 2 aromatic heterocycles. The number of hydrogen-bond acceptors (Lipinski definition) is 4. The first kappa shape index (κ1) is 27.5. The van der Waals surface area contributed by atoms with Crippen LogP contribution in [0.3, 0.4) is 0 Å². The zero-order valence-corrected chi connectivity index (χ0v) is 23.5. The van der Waals surface area contributed by atoms with E-state index in [-0.39, 0.29) is 17.2 Å². The molecule has 0 aliphatic heterocycles. The Labute approximate surface area is 235 Å². The van der Waals surface area contributed by atoms with Crippen molar-refractivity contribution in [3.05, 3.63) is 77.7 Å². The number of benzene rings is 3. The highest BCUT2D eigenvalue weighted by atomic mass is 32.2. The lowest BCUT2D eigenvalue weighted by Crippen LogP contribution is -2.40. The van der Waals surface area contributed by atoms with Gasteiger partial charge >= 0.3 is 0 Å². The van der Waals surface area contributed by atoms with E-state index in [0.29, 0.717) is 49.6 Å². The first-order valence-corrected chi connectivity index (χ1v) is 14.1. The maximum atomic E-state index is 13.7. The molecule has 2 amide bonds. The molecule has 40 heavy (non-hydrogen) atoms. The molecule has 10 heteroatoms. The van der Waals surface area contributed by atoms with E-state index in [0.717, 1.165) is 0 Å². The largest absolute Gasteiger partial charge is 0.593 e. The highest BCUT2D eigenvalue weighted by Crippen LogP contribution is 2.42. The number of nitrogens with one attached hydrogen (secondary N) is 2. The van der Waals surface area contributed by atoms with Gasteiger partial charge in [0.05, 0.1) is 16.9 Å². The van der Waals surface area contributed by atoms with E-state index in [1.807, 2.05) is 26.8 Å². The van der Waals surface area contributed by atoms with Gasteiger partial charge in [0.25, 0.3) is 11.8 Å². The van der Waals surface area contributed by atoms with E-state index in [1.54, 1.807) is 34.4 Å². The van der Waals surface area contributed by atoms with E-state index >= 15 is 0 Å². The molecule has 2 heterocycles. The second-order valence-electron chi connectivity index (χ2n) is 10.5. The average Bonchev–Trinajstić information content (AvgIpc) is 3.45. The van der Waals surface area contributed by atoms with Crippen LogP contribution >= 0.6 is 0 Å². The zero-order valence-electron chi connectivity index (χ0n) is 22.7. The summed E-state index contributed by atoms with van der Waals surface area (Å²) in [6.07, 6.45) is 3.10. The third-order valence-electron chi connectivity index (χ3n) is 6.48. The van der Waals surface area contributed by atoms with E-state index in [9.17, 15) is 18.5 Å².